The van der Waals surface area contributed by atoms with Gasteiger partial charge in [0.15, 0.2) is 4.77 Å². The van der Waals surface area contributed by atoms with Gasteiger partial charge in [-0.2, -0.15) is 0 Å². The van der Waals surface area contributed by atoms with Crippen molar-refractivity contribution in [1.29, 1.82) is 0 Å². The summed E-state index contributed by atoms with van der Waals surface area (Å²) in [5.41, 5.74) is -1.30. The molecule has 6 heteroatoms. The summed E-state index contributed by atoms with van der Waals surface area (Å²) in [5.74, 6) is 0. The quantitative estimate of drug-likeness (QED) is 0.486. The first-order chi connectivity index (χ1) is 5.54. The fraction of sp³-hybridized carbons (Fsp3) is 0.500. The second-order valence-corrected chi connectivity index (χ2v) is 3.04. The molecule has 5 nitrogen and oxygen atoms in total. The molecule has 0 bridgehead atoms. The number of aromatic amines is 2. The fourth-order valence-electron chi connectivity index (χ4n) is 0.895. The number of rotatable bonds is 1. The van der Waals surface area contributed by atoms with Crippen LogP contribution in [-0.2, 0) is 0 Å². The van der Waals surface area contributed by atoms with Gasteiger partial charge in [0.25, 0.3) is 0 Å². The Labute approximate surface area is 73.0 Å². The van der Waals surface area contributed by atoms with Gasteiger partial charge in [-0.25, -0.2) is 0 Å². The van der Waals surface area contributed by atoms with Gasteiger partial charge in [-0.05, 0) is 26.1 Å². The van der Waals surface area contributed by atoms with Gasteiger partial charge >= 0.3 is 11.1 Å². The second kappa shape index (κ2) is 3.06. The highest BCUT2D eigenvalue weighted by molar-refractivity contribution is 7.71. The zero-order valence-corrected chi connectivity index (χ0v) is 7.57. The van der Waals surface area contributed by atoms with E-state index in [1.165, 1.54) is 4.57 Å². The van der Waals surface area contributed by atoms with E-state index in [1.807, 2.05) is 0 Å². The number of nitrogens with zero attached hydrogens (tertiary/aromatic N) is 1. The molecule has 0 saturated carbocycles. The largest absolute Gasteiger partial charge is 0.328 e. The van der Waals surface area contributed by atoms with Crippen LogP contribution >= 0.6 is 12.2 Å². The average molecular weight is 187 g/mol. The molecule has 1 aromatic rings. The average Bonchev–Trinajstić information content (AvgIpc) is 1.97. The highest BCUT2D eigenvalue weighted by Gasteiger charge is 2.04. The lowest BCUT2D eigenvalue weighted by Gasteiger charge is -2.06. The molecule has 0 aliphatic heterocycles. The van der Waals surface area contributed by atoms with Crippen molar-refractivity contribution in [2.75, 3.05) is 0 Å². The highest BCUT2D eigenvalue weighted by Crippen LogP contribution is 1.96. The van der Waals surface area contributed by atoms with Gasteiger partial charge in [-0.3, -0.25) is 24.4 Å². The van der Waals surface area contributed by atoms with Gasteiger partial charge in [0.1, 0.15) is 0 Å². The Morgan fingerprint density at radius 3 is 2.33 bits per heavy atom. The third-order valence-corrected chi connectivity index (χ3v) is 1.73. The van der Waals surface area contributed by atoms with E-state index < -0.39 is 11.1 Å². The topological polar surface area (TPSA) is 70.7 Å². The molecule has 0 fully saturated rings. The van der Waals surface area contributed by atoms with Crippen molar-refractivity contribution in [1.82, 2.24) is 14.8 Å². The Morgan fingerprint density at radius 1 is 1.33 bits per heavy atom. The second-order valence-electron chi connectivity index (χ2n) is 2.65. The fourth-order valence-corrected chi connectivity index (χ4v) is 1.24. The summed E-state index contributed by atoms with van der Waals surface area (Å²) >= 11 is 4.81. The molecule has 0 saturated heterocycles. The molecule has 0 amide bonds. The molecule has 0 radical (unpaired) electrons. The van der Waals surface area contributed by atoms with E-state index >= 15 is 0 Å². The lowest BCUT2D eigenvalue weighted by atomic mass is 10.4. The number of aromatic nitrogens is 3. The third-order valence-electron chi connectivity index (χ3n) is 1.43. The Morgan fingerprint density at radius 2 is 1.92 bits per heavy atom. The molecular weight excluding hydrogens is 178 g/mol. The van der Waals surface area contributed by atoms with Crippen LogP contribution in [0.3, 0.4) is 0 Å². The predicted molar refractivity (Wildman–Crippen MR) is 46.9 cm³/mol. The van der Waals surface area contributed by atoms with Gasteiger partial charge in [0, 0.05) is 6.04 Å². The number of hydrogen-bond donors (Lipinski definition) is 2. The standard InChI is InChI=1S/C6H9N3O2S/c1-3(2)9-5(11)4(10)7-8-6(9)12/h3H,1-2H3,(H,7,10)(H,8,12). The van der Waals surface area contributed by atoms with Crippen LogP contribution in [0.15, 0.2) is 9.59 Å². The van der Waals surface area contributed by atoms with Gasteiger partial charge in [0.05, 0.1) is 0 Å². The SMILES string of the molecule is CC(C)n1c(=S)[nH][nH]c(=O)c1=O. The van der Waals surface area contributed by atoms with Crippen LogP contribution < -0.4 is 11.1 Å². The third kappa shape index (κ3) is 1.38. The smallest absolute Gasteiger partial charge is 0.277 e. The summed E-state index contributed by atoms with van der Waals surface area (Å²) in [6, 6.07) is -0.108. The van der Waals surface area contributed by atoms with Crippen LogP contribution in [0.25, 0.3) is 0 Å². The van der Waals surface area contributed by atoms with Crippen molar-refractivity contribution in [2.24, 2.45) is 0 Å². The summed E-state index contributed by atoms with van der Waals surface area (Å²) in [6.45, 7) is 3.56. The van der Waals surface area contributed by atoms with E-state index in [0.29, 0.717) is 0 Å². The van der Waals surface area contributed by atoms with Crippen LogP contribution in [0.2, 0.25) is 0 Å². The van der Waals surface area contributed by atoms with Crippen LogP contribution in [-0.4, -0.2) is 14.8 Å². The van der Waals surface area contributed by atoms with E-state index in [-0.39, 0.29) is 10.8 Å². The molecule has 1 heterocycles. The summed E-state index contributed by atoms with van der Waals surface area (Å²) < 4.78 is 1.46. The normalized spacial score (nSPS) is 10.6. The van der Waals surface area contributed by atoms with Gasteiger partial charge in [0.2, 0.25) is 0 Å². The van der Waals surface area contributed by atoms with Crippen molar-refractivity contribution < 1.29 is 0 Å². The first kappa shape index (κ1) is 8.92. The van der Waals surface area contributed by atoms with E-state index in [0.717, 1.165) is 0 Å². The molecule has 0 aliphatic rings. The van der Waals surface area contributed by atoms with Gasteiger partial charge in [-0.15, -0.1) is 0 Å². The Hall–Kier alpha value is -1.17. The summed E-state index contributed by atoms with van der Waals surface area (Å²) in [4.78, 5) is 22.0. The van der Waals surface area contributed by atoms with Crippen LogP contribution in [0, 0.1) is 4.77 Å². The monoisotopic (exact) mass is 187 g/mol. The molecular formula is C6H9N3O2S. The van der Waals surface area contributed by atoms with Crippen LogP contribution in [0.5, 0.6) is 0 Å². The van der Waals surface area contributed by atoms with E-state index in [9.17, 15) is 9.59 Å². The van der Waals surface area contributed by atoms with Crippen molar-refractivity contribution in [2.45, 2.75) is 19.9 Å². The van der Waals surface area contributed by atoms with Crippen molar-refractivity contribution >= 4 is 12.2 Å². The number of H-pyrrole nitrogens is 2. The summed E-state index contributed by atoms with van der Waals surface area (Å²) in [5, 5.41) is 4.58. The van der Waals surface area contributed by atoms with Crippen LogP contribution in [0.4, 0.5) is 0 Å². The predicted octanol–water partition coefficient (Wildman–Crippen LogP) is 0.175. The molecule has 0 aliphatic carbocycles. The molecule has 0 spiro atoms. The minimum atomic E-state index is -0.683. The van der Waals surface area contributed by atoms with E-state index in [2.05, 4.69) is 10.2 Å². The molecule has 66 valence electrons. The zero-order valence-electron chi connectivity index (χ0n) is 6.75. The first-order valence-electron chi connectivity index (χ1n) is 3.47. The van der Waals surface area contributed by atoms with Crippen LogP contribution in [0.1, 0.15) is 19.9 Å². The Bertz CT molecular complexity index is 439. The van der Waals surface area contributed by atoms with Crippen molar-refractivity contribution in [3.8, 4) is 0 Å². The Kier molecular flexibility index (Phi) is 2.27. The molecule has 0 atom stereocenters. The first-order valence-corrected chi connectivity index (χ1v) is 3.88. The van der Waals surface area contributed by atoms with Gasteiger partial charge in [-0.1, -0.05) is 0 Å². The van der Waals surface area contributed by atoms with Crippen molar-refractivity contribution in [3.05, 3.63) is 25.5 Å². The summed E-state index contributed by atoms with van der Waals surface area (Å²) in [7, 11) is 0. The van der Waals surface area contributed by atoms with E-state index in [1.54, 1.807) is 13.8 Å². The maximum atomic E-state index is 11.2. The number of nitrogens with one attached hydrogen (secondary N) is 2. The molecule has 0 unspecified atom stereocenters. The minimum absolute atomic E-state index is 0.108. The molecule has 12 heavy (non-hydrogen) atoms. The maximum Gasteiger partial charge on any atom is 0.328 e. The maximum absolute atomic E-state index is 11.2. The Balaban J connectivity index is 3.67. The molecule has 1 rings (SSSR count). The zero-order chi connectivity index (χ0) is 9.30. The summed E-state index contributed by atoms with van der Waals surface area (Å²) in [6.07, 6.45) is 0. The lowest BCUT2D eigenvalue weighted by Crippen LogP contribution is -2.38. The van der Waals surface area contributed by atoms with Crippen molar-refractivity contribution in [3.63, 3.8) is 0 Å². The van der Waals surface area contributed by atoms with E-state index in [4.69, 9.17) is 12.2 Å². The van der Waals surface area contributed by atoms with Gasteiger partial charge < -0.3 is 0 Å². The highest BCUT2D eigenvalue weighted by atomic mass is 32.1. The number of hydrogen-bond acceptors (Lipinski definition) is 3. The molecule has 1 aromatic heterocycles. The minimum Gasteiger partial charge on any atom is -0.277 e. The molecule has 2 N–H and O–H groups in total. The molecule has 0 aromatic carbocycles. The lowest BCUT2D eigenvalue weighted by molar-refractivity contribution is 0.541.